The average molecular weight is 1120 g/mol. The van der Waals surface area contributed by atoms with Crippen molar-refractivity contribution in [3.05, 3.63) is 0 Å². The summed E-state index contributed by atoms with van der Waals surface area (Å²) in [4.78, 5) is 0. The van der Waals surface area contributed by atoms with Gasteiger partial charge in [-0.3, -0.25) is 0 Å². The molecule has 0 amide bonds. The zero-order valence-electron chi connectivity index (χ0n) is 40.7. The van der Waals surface area contributed by atoms with Gasteiger partial charge in [-0.15, -0.1) is 0 Å². The van der Waals surface area contributed by atoms with Crippen LogP contribution >= 0.6 is 0 Å². The largest absolute Gasteiger partial charge is 0.394 e. The molecule has 34 nitrogen and oxygen atoms in total. The van der Waals surface area contributed by atoms with E-state index in [-0.39, 0.29) is 0 Å². The molecule has 7 aliphatic rings. The molecule has 35 atom stereocenters. The maximum Gasteiger partial charge on any atom is 0.187 e. The van der Waals surface area contributed by atoms with Crippen molar-refractivity contribution in [1.29, 1.82) is 0 Å². The Morgan fingerprint density at radius 3 is 1.16 bits per heavy atom. The third-order valence-electron chi connectivity index (χ3n) is 14.6. The average Bonchev–Trinajstić information content (AvgIpc) is 3.42. The van der Waals surface area contributed by atoms with Crippen LogP contribution in [0.1, 0.15) is 13.8 Å². The van der Waals surface area contributed by atoms with Gasteiger partial charge in [0.2, 0.25) is 0 Å². The molecule has 7 heterocycles. The molecule has 76 heavy (non-hydrogen) atoms. The molecule has 444 valence electrons. The highest BCUT2D eigenvalue weighted by atomic mass is 16.8. The van der Waals surface area contributed by atoms with Crippen LogP contribution in [0, 0.1) is 0 Å². The molecule has 7 saturated heterocycles. The first-order chi connectivity index (χ1) is 35.9. The summed E-state index contributed by atoms with van der Waals surface area (Å²) in [5.41, 5.74) is 13.0. The van der Waals surface area contributed by atoms with E-state index in [0.717, 1.165) is 0 Å². The number of ether oxygens (including phenoxy) is 13. The van der Waals surface area contributed by atoms with Crippen molar-refractivity contribution in [2.24, 2.45) is 11.5 Å². The Kier molecular flexibility index (Phi) is 21.5. The fraction of sp³-hybridized carbons (Fsp3) is 1.00. The predicted octanol–water partition coefficient (Wildman–Crippen LogP) is -14.3. The summed E-state index contributed by atoms with van der Waals surface area (Å²) in [6.07, 6.45) is -60.1. The van der Waals surface area contributed by atoms with E-state index in [0.29, 0.717) is 0 Å². The molecule has 23 N–H and O–H groups in total. The van der Waals surface area contributed by atoms with Crippen LogP contribution in [-0.4, -0.2) is 345 Å². The molecule has 0 aromatic carbocycles. The Morgan fingerprint density at radius 1 is 0.276 bits per heavy atom. The fourth-order valence-corrected chi connectivity index (χ4v) is 9.95. The molecular formula is C42H74N2O32. The normalized spacial score (nSPS) is 54.6. The lowest BCUT2D eigenvalue weighted by molar-refractivity contribution is -0.400. The van der Waals surface area contributed by atoms with Crippen molar-refractivity contribution in [3.63, 3.8) is 0 Å². The molecule has 0 radical (unpaired) electrons. The quantitative estimate of drug-likeness (QED) is 0.0643. The Morgan fingerprint density at radius 2 is 0.645 bits per heavy atom. The van der Waals surface area contributed by atoms with Crippen molar-refractivity contribution in [2.75, 3.05) is 33.0 Å². The summed E-state index contributed by atoms with van der Waals surface area (Å²) >= 11 is 0. The second kappa shape index (κ2) is 26.3. The minimum absolute atomic E-state index is 0.820. The lowest BCUT2D eigenvalue weighted by Gasteiger charge is -2.51. The number of aliphatic hydroxyl groups excluding tert-OH is 19. The topological polar surface area (TPSA) is 556 Å². The van der Waals surface area contributed by atoms with E-state index in [4.69, 9.17) is 73.0 Å². The summed E-state index contributed by atoms with van der Waals surface area (Å²) in [5, 5.41) is 203. The van der Waals surface area contributed by atoms with Gasteiger partial charge in [-0.25, -0.2) is 0 Å². The first-order valence-corrected chi connectivity index (χ1v) is 24.5. The van der Waals surface area contributed by atoms with Crippen LogP contribution in [0.2, 0.25) is 0 Å². The second-order valence-corrected chi connectivity index (χ2v) is 19.7. The summed E-state index contributed by atoms with van der Waals surface area (Å²) in [5.74, 6) is 0. The molecule has 0 aromatic heterocycles. The molecule has 0 saturated carbocycles. The van der Waals surface area contributed by atoms with Crippen LogP contribution in [0.3, 0.4) is 0 Å². The number of aliphatic hydroxyl groups is 19. The highest BCUT2D eigenvalue weighted by Gasteiger charge is 2.59. The van der Waals surface area contributed by atoms with Gasteiger partial charge < -0.3 is 170 Å². The molecular weight excluding hydrogens is 1040 g/mol. The van der Waals surface area contributed by atoms with Gasteiger partial charge in [0, 0.05) is 0 Å². The van der Waals surface area contributed by atoms with Gasteiger partial charge in [0.25, 0.3) is 0 Å². The van der Waals surface area contributed by atoms with Gasteiger partial charge in [-0.1, -0.05) is 0 Å². The van der Waals surface area contributed by atoms with E-state index >= 15 is 0 Å². The molecule has 21 unspecified atom stereocenters. The fourth-order valence-electron chi connectivity index (χ4n) is 9.95. The van der Waals surface area contributed by atoms with Crippen LogP contribution in [0.25, 0.3) is 0 Å². The minimum atomic E-state index is -2.19. The third-order valence-corrected chi connectivity index (χ3v) is 14.6. The monoisotopic (exact) mass is 1120 g/mol. The second-order valence-electron chi connectivity index (χ2n) is 19.7. The Labute approximate surface area is 431 Å². The van der Waals surface area contributed by atoms with Gasteiger partial charge in [-0.2, -0.15) is 0 Å². The molecule has 7 fully saturated rings. The lowest BCUT2D eigenvalue weighted by atomic mass is 9.94. The Balaban J connectivity index is 1.14. The van der Waals surface area contributed by atoms with E-state index in [9.17, 15) is 97.0 Å². The van der Waals surface area contributed by atoms with Gasteiger partial charge >= 0.3 is 0 Å². The van der Waals surface area contributed by atoms with E-state index in [1.54, 1.807) is 0 Å². The predicted molar refractivity (Wildman–Crippen MR) is 233 cm³/mol. The Bertz CT molecular complexity index is 1790. The molecule has 7 rings (SSSR count). The SMILES string of the molecule is CC1O[C@H](OC2C(N)[C@H](OC3C(O)[C@H](O[C@H]4C(CO)O[C@@H](OC5C(O)[C@H](O)OC(CO)[C@@H]5O)C(N)C4O)OC(CO)[C@@H]3O)OC(CO)[C@@H]2O[C@@H]2OC(CO)[C@H](O)C(O)C2O[C@@H]2OC(C)[C@H](O)C(O)C2O)C(O)C(O)[C@@H]1O. The smallest absolute Gasteiger partial charge is 0.187 e. The number of nitrogens with two attached hydrogens (primary N) is 2. The minimum Gasteiger partial charge on any atom is -0.394 e. The van der Waals surface area contributed by atoms with E-state index < -0.39 is 248 Å². The lowest BCUT2D eigenvalue weighted by Crippen LogP contribution is -2.71. The number of rotatable bonds is 17. The van der Waals surface area contributed by atoms with Gasteiger partial charge in [-0.05, 0) is 13.8 Å². The summed E-state index contributed by atoms with van der Waals surface area (Å²) in [7, 11) is 0. The number of hydrogen-bond acceptors (Lipinski definition) is 34. The van der Waals surface area contributed by atoms with Crippen LogP contribution in [-0.2, 0) is 61.6 Å². The first kappa shape index (κ1) is 62.2. The van der Waals surface area contributed by atoms with Crippen molar-refractivity contribution >= 4 is 0 Å². The highest BCUT2D eigenvalue weighted by Crippen LogP contribution is 2.38. The molecule has 34 heteroatoms. The summed E-state index contributed by atoms with van der Waals surface area (Å²) in [6, 6.07) is -3.49. The zero-order chi connectivity index (χ0) is 55.9. The molecule has 7 aliphatic heterocycles. The van der Waals surface area contributed by atoms with Crippen molar-refractivity contribution < 1.29 is 159 Å². The van der Waals surface area contributed by atoms with Crippen molar-refractivity contribution in [2.45, 2.75) is 229 Å². The van der Waals surface area contributed by atoms with Gasteiger partial charge in [0.1, 0.15) is 146 Å². The van der Waals surface area contributed by atoms with Gasteiger partial charge in [0.15, 0.2) is 44.0 Å². The maximum atomic E-state index is 11.8. The molecule has 0 bridgehead atoms. The van der Waals surface area contributed by atoms with Crippen LogP contribution < -0.4 is 11.5 Å². The summed E-state index contributed by atoms with van der Waals surface area (Å²) < 4.78 is 75.2. The molecule has 0 spiro atoms. The van der Waals surface area contributed by atoms with Gasteiger partial charge in [0.05, 0.1) is 57.3 Å². The summed E-state index contributed by atoms with van der Waals surface area (Å²) in [6.45, 7) is -2.20. The standard InChI is InChI=1S/C42H74N2O32/c1-8-17(50)23(56)26(59)39(64-8)73-32-16(44)38(70-14(7-49)31(32)72-42-35(25(58)19(52)10(3-45)68-42)76-40-27(60)24(57)18(51)9(2)65-40)75-34-21(54)12(5-47)67-41(29(34)62)71-30-13(6-48)69-37(15(43)22(30)55)74-33-20(53)11(4-46)66-36(63)28(33)61/h8-42,45-63H,3-7,43-44H2,1-2H3/t8?,9?,10?,11?,12?,13?,14?,15?,16?,17-,18+,19+,20+,21+,22?,23?,24?,25?,26?,27?,28?,29?,30+,31+,32?,33?,34?,35?,36-,37+,38+,39-,40+,41+,42+/m1/s1. The van der Waals surface area contributed by atoms with E-state index in [2.05, 4.69) is 0 Å². The van der Waals surface area contributed by atoms with Crippen molar-refractivity contribution in [1.82, 2.24) is 0 Å². The zero-order valence-corrected chi connectivity index (χ0v) is 40.7. The third kappa shape index (κ3) is 12.5. The maximum absolute atomic E-state index is 11.8. The Hall–Kier alpha value is -1.36. The van der Waals surface area contributed by atoms with Crippen LogP contribution in [0.5, 0.6) is 0 Å². The molecule has 0 aromatic rings. The molecule has 0 aliphatic carbocycles. The highest BCUT2D eigenvalue weighted by molar-refractivity contribution is 5.02. The number of hydrogen-bond donors (Lipinski definition) is 21. The first-order valence-electron chi connectivity index (χ1n) is 24.5. The van der Waals surface area contributed by atoms with Crippen LogP contribution in [0.15, 0.2) is 0 Å². The van der Waals surface area contributed by atoms with Crippen LogP contribution in [0.4, 0.5) is 0 Å². The van der Waals surface area contributed by atoms with Crippen molar-refractivity contribution in [3.8, 4) is 0 Å². The van der Waals surface area contributed by atoms with E-state index in [1.165, 1.54) is 13.8 Å². The van der Waals surface area contributed by atoms with E-state index in [1.807, 2.05) is 0 Å².